The number of benzene rings is 4. The number of carboxylic acids is 1. The van der Waals surface area contributed by atoms with Gasteiger partial charge in [-0.05, 0) is 58.5 Å². The molecule has 0 aliphatic carbocycles. The molecule has 1 fully saturated rings. The highest BCUT2D eigenvalue weighted by Crippen LogP contribution is 2.31. The number of nitrogens with one attached hydrogen (secondary N) is 1. The van der Waals surface area contributed by atoms with Crippen LogP contribution in [0.4, 0.5) is 0 Å². The summed E-state index contributed by atoms with van der Waals surface area (Å²) in [4.78, 5) is 24.1. The number of carbonyl (C=O) groups excluding carboxylic acids is 1. The van der Waals surface area contributed by atoms with Crippen LogP contribution in [0.25, 0.3) is 10.8 Å². The van der Waals surface area contributed by atoms with Crippen molar-refractivity contribution in [1.82, 2.24) is 9.62 Å². The second-order valence-corrected chi connectivity index (χ2v) is 10.9. The summed E-state index contributed by atoms with van der Waals surface area (Å²) in [6, 6.07) is 21.7. The van der Waals surface area contributed by atoms with Crippen LogP contribution >= 0.6 is 0 Å². The van der Waals surface area contributed by atoms with Crippen molar-refractivity contribution in [3.8, 4) is 5.75 Å². The van der Waals surface area contributed by atoms with Crippen molar-refractivity contribution in [3.05, 3.63) is 107 Å². The molecule has 0 radical (unpaired) electrons. The van der Waals surface area contributed by atoms with Crippen molar-refractivity contribution >= 4 is 32.7 Å². The zero-order valence-corrected chi connectivity index (χ0v) is 20.5. The van der Waals surface area contributed by atoms with Crippen molar-refractivity contribution in [2.75, 3.05) is 13.1 Å². The Morgan fingerprint density at radius 2 is 1.46 bits per heavy atom. The van der Waals surface area contributed by atoms with Gasteiger partial charge in [-0.3, -0.25) is 4.79 Å². The van der Waals surface area contributed by atoms with Crippen LogP contribution in [0.1, 0.15) is 37.4 Å². The molecular weight excluding hydrogens is 492 g/mol. The summed E-state index contributed by atoms with van der Waals surface area (Å²) >= 11 is 0. The highest BCUT2D eigenvalue weighted by molar-refractivity contribution is 7.89. The number of phenols is 1. The molecule has 1 saturated heterocycles. The zero-order valence-electron chi connectivity index (χ0n) is 19.7. The predicted octanol–water partition coefficient (Wildman–Crippen LogP) is 3.77. The number of carboxylic acid groups (broad SMARTS) is 1. The first-order chi connectivity index (χ1) is 17.7. The summed E-state index contributed by atoms with van der Waals surface area (Å²) in [5.41, 5.74) is 2.84. The maximum atomic E-state index is 12.8. The number of aromatic carboxylic acids is 1. The summed E-state index contributed by atoms with van der Waals surface area (Å²) in [6.07, 6.45) is 0.404. The normalized spacial score (nSPS) is 13.4. The van der Waals surface area contributed by atoms with E-state index in [2.05, 4.69) is 5.32 Å². The van der Waals surface area contributed by atoms with Crippen LogP contribution < -0.4 is 5.32 Å². The number of carbonyl (C=O) groups is 2. The van der Waals surface area contributed by atoms with Crippen LogP contribution in [0.15, 0.2) is 83.8 Å². The Hall–Kier alpha value is -4.21. The molecule has 0 saturated carbocycles. The predicted molar refractivity (Wildman–Crippen MR) is 138 cm³/mol. The minimum Gasteiger partial charge on any atom is -0.507 e. The number of hydrogen-bond acceptors (Lipinski definition) is 5. The molecule has 4 aromatic rings. The van der Waals surface area contributed by atoms with Gasteiger partial charge in [-0.1, -0.05) is 42.5 Å². The van der Waals surface area contributed by atoms with Crippen LogP contribution in [0, 0.1) is 0 Å². The van der Waals surface area contributed by atoms with Gasteiger partial charge in [0.05, 0.1) is 10.5 Å². The van der Waals surface area contributed by atoms with E-state index >= 15 is 0 Å². The van der Waals surface area contributed by atoms with Crippen molar-refractivity contribution in [2.45, 2.75) is 17.9 Å². The molecule has 5 rings (SSSR count). The SMILES string of the molecule is O=C(O)c1ccc(Cc2ccc3ccc(C(=O)NCc4ccc(S(=O)(=O)N5CC5)cc4)cc3c2O)cc1. The molecule has 1 heterocycles. The van der Waals surface area contributed by atoms with Gasteiger partial charge < -0.3 is 15.5 Å². The Bertz CT molecular complexity index is 1610. The van der Waals surface area contributed by atoms with Crippen molar-refractivity contribution in [2.24, 2.45) is 0 Å². The van der Waals surface area contributed by atoms with E-state index < -0.39 is 16.0 Å². The average Bonchev–Trinajstić information content (AvgIpc) is 3.76. The van der Waals surface area contributed by atoms with E-state index in [0.717, 1.165) is 16.5 Å². The van der Waals surface area contributed by atoms with Crippen molar-refractivity contribution in [1.29, 1.82) is 0 Å². The summed E-state index contributed by atoms with van der Waals surface area (Å²) in [5, 5.41) is 24.1. The second-order valence-electron chi connectivity index (χ2n) is 8.92. The molecule has 188 valence electrons. The second kappa shape index (κ2) is 9.68. The highest BCUT2D eigenvalue weighted by Gasteiger charge is 2.33. The largest absolute Gasteiger partial charge is 0.507 e. The molecular formula is C28H24N2O6S. The number of nitrogens with zero attached hydrogens (tertiary/aromatic N) is 1. The Morgan fingerprint density at radius 3 is 2.11 bits per heavy atom. The summed E-state index contributed by atoms with van der Waals surface area (Å²) in [6.45, 7) is 1.31. The van der Waals surface area contributed by atoms with Crippen LogP contribution in [0.5, 0.6) is 5.75 Å². The standard InChI is InChI=1S/C28H24N2O6S/c31-26-22(15-18-1-5-21(6-2-18)28(33)34)9-7-20-8-10-23(16-25(20)26)27(32)29-17-19-3-11-24(12-4-19)37(35,36)30-13-14-30/h1-12,16,31H,13-15,17H2,(H,29,32)(H,33,34). The third-order valence-electron chi connectivity index (χ3n) is 6.35. The van der Waals surface area contributed by atoms with E-state index in [-0.39, 0.29) is 28.7 Å². The van der Waals surface area contributed by atoms with Gasteiger partial charge in [0, 0.05) is 37.0 Å². The summed E-state index contributed by atoms with van der Waals surface area (Å²) in [5.74, 6) is -1.25. The minimum atomic E-state index is -3.41. The lowest BCUT2D eigenvalue weighted by Crippen LogP contribution is -2.22. The van der Waals surface area contributed by atoms with Gasteiger partial charge in [0.2, 0.25) is 10.0 Å². The Balaban J connectivity index is 1.29. The number of hydrogen-bond donors (Lipinski definition) is 3. The van der Waals surface area contributed by atoms with Gasteiger partial charge in [-0.15, -0.1) is 0 Å². The molecule has 0 spiro atoms. The first-order valence-corrected chi connectivity index (χ1v) is 13.1. The van der Waals surface area contributed by atoms with Gasteiger partial charge in [0.25, 0.3) is 5.91 Å². The highest BCUT2D eigenvalue weighted by atomic mass is 32.2. The molecule has 1 amide bonds. The monoisotopic (exact) mass is 516 g/mol. The van der Waals surface area contributed by atoms with Crippen molar-refractivity contribution < 1.29 is 28.2 Å². The van der Waals surface area contributed by atoms with Gasteiger partial charge in [-0.25, -0.2) is 13.2 Å². The van der Waals surface area contributed by atoms with Crippen LogP contribution in [0.3, 0.4) is 0 Å². The molecule has 9 heteroatoms. The molecule has 0 unspecified atom stereocenters. The van der Waals surface area contributed by atoms with Crippen LogP contribution in [-0.2, 0) is 23.0 Å². The molecule has 37 heavy (non-hydrogen) atoms. The van der Waals surface area contributed by atoms with E-state index in [1.165, 1.54) is 16.4 Å². The first-order valence-electron chi connectivity index (χ1n) is 11.7. The Kier molecular flexibility index (Phi) is 6.41. The minimum absolute atomic E-state index is 0.0673. The zero-order chi connectivity index (χ0) is 26.2. The number of sulfonamides is 1. The smallest absolute Gasteiger partial charge is 0.335 e. The van der Waals surface area contributed by atoms with Crippen molar-refractivity contribution in [3.63, 3.8) is 0 Å². The van der Waals surface area contributed by atoms with E-state index in [9.17, 15) is 23.1 Å². The molecule has 0 bridgehead atoms. The summed E-state index contributed by atoms with van der Waals surface area (Å²) in [7, 11) is -3.41. The lowest BCUT2D eigenvalue weighted by molar-refractivity contribution is 0.0696. The Morgan fingerprint density at radius 1 is 0.838 bits per heavy atom. The third-order valence-corrected chi connectivity index (χ3v) is 8.27. The number of aromatic hydroxyl groups is 1. The lowest BCUT2D eigenvalue weighted by atomic mass is 9.98. The van der Waals surface area contributed by atoms with Gasteiger partial charge >= 0.3 is 5.97 Å². The molecule has 1 aliphatic rings. The maximum Gasteiger partial charge on any atom is 0.335 e. The first kappa shape index (κ1) is 24.5. The Labute approximate surface area is 213 Å². The van der Waals surface area contributed by atoms with E-state index in [4.69, 9.17) is 5.11 Å². The quantitative estimate of drug-likeness (QED) is 0.306. The fourth-order valence-electron chi connectivity index (χ4n) is 4.11. The summed E-state index contributed by atoms with van der Waals surface area (Å²) < 4.78 is 25.9. The van der Waals surface area contributed by atoms with E-state index in [1.807, 2.05) is 12.1 Å². The van der Waals surface area contributed by atoms with Gasteiger partial charge in [-0.2, -0.15) is 4.31 Å². The van der Waals surface area contributed by atoms with E-state index in [0.29, 0.717) is 36.0 Å². The van der Waals surface area contributed by atoms with E-state index in [1.54, 1.807) is 54.6 Å². The van der Waals surface area contributed by atoms with Gasteiger partial charge in [0.1, 0.15) is 5.75 Å². The maximum absolute atomic E-state index is 12.8. The molecule has 4 aromatic carbocycles. The fourth-order valence-corrected chi connectivity index (χ4v) is 5.45. The molecule has 0 aromatic heterocycles. The number of fused-ring (bicyclic) bond motifs is 1. The lowest BCUT2D eigenvalue weighted by Gasteiger charge is -2.11. The van der Waals surface area contributed by atoms with Crippen LogP contribution in [-0.4, -0.2) is 47.9 Å². The molecule has 1 aliphatic heterocycles. The molecule has 0 atom stereocenters. The number of rotatable bonds is 8. The molecule has 8 nitrogen and oxygen atoms in total. The number of amides is 1. The molecule has 3 N–H and O–H groups in total. The average molecular weight is 517 g/mol. The fraction of sp³-hybridized carbons (Fsp3) is 0.143. The third kappa shape index (κ3) is 5.18. The topological polar surface area (TPSA) is 124 Å². The van der Waals surface area contributed by atoms with Gasteiger partial charge in [0.15, 0.2) is 0 Å². The van der Waals surface area contributed by atoms with Crippen LogP contribution in [0.2, 0.25) is 0 Å². The number of phenolic OH excluding ortho intramolecular Hbond substituents is 1.